The van der Waals surface area contributed by atoms with Crippen LogP contribution in [0.3, 0.4) is 0 Å². The predicted octanol–water partition coefficient (Wildman–Crippen LogP) is 3.08. The topological polar surface area (TPSA) is 48.4 Å². The molecule has 0 aliphatic carbocycles. The van der Waals surface area contributed by atoms with Crippen molar-refractivity contribution in [3.05, 3.63) is 27.5 Å². The average Bonchev–Trinajstić information content (AvgIpc) is 2.32. The van der Waals surface area contributed by atoms with Crippen molar-refractivity contribution in [1.29, 1.82) is 0 Å². The lowest BCUT2D eigenvalue weighted by atomic mass is 10.3. The maximum atomic E-state index is 11.6. The zero-order valence-corrected chi connectivity index (χ0v) is 11.8. The normalized spacial score (nSPS) is 10.3. The summed E-state index contributed by atoms with van der Waals surface area (Å²) in [6, 6.07) is 1.57. The molecule has 0 atom stereocenters. The number of carbonyl (C=O) groups excluding carboxylic acids is 1. The van der Waals surface area contributed by atoms with Crippen LogP contribution in [0.5, 0.6) is 0 Å². The molecule has 0 aliphatic heterocycles. The average molecular weight is 323 g/mol. The van der Waals surface area contributed by atoms with Crippen molar-refractivity contribution >= 4 is 33.5 Å². The highest BCUT2D eigenvalue weighted by molar-refractivity contribution is 9.10. The van der Waals surface area contributed by atoms with Crippen LogP contribution in [0, 0.1) is 0 Å². The summed E-state index contributed by atoms with van der Waals surface area (Å²) in [4.78, 5) is 15.5. The van der Waals surface area contributed by atoms with Gasteiger partial charge in [0.2, 0.25) is 0 Å². The van der Waals surface area contributed by atoms with Crippen molar-refractivity contribution < 1.29 is 14.3 Å². The highest BCUT2D eigenvalue weighted by Crippen LogP contribution is 2.18. The minimum absolute atomic E-state index is 0.132. The van der Waals surface area contributed by atoms with Crippen LogP contribution >= 0.6 is 27.5 Å². The molecule has 17 heavy (non-hydrogen) atoms. The number of hydrogen-bond donors (Lipinski definition) is 0. The van der Waals surface area contributed by atoms with Crippen LogP contribution in [0.25, 0.3) is 0 Å². The maximum Gasteiger partial charge on any atom is 0.341 e. The number of pyridine rings is 1. The summed E-state index contributed by atoms with van der Waals surface area (Å²) in [5.74, 6) is -0.496. The molecule has 6 heteroatoms. The van der Waals surface area contributed by atoms with E-state index in [2.05, 4.69) is 20.9 Å². The first-order valence-electron chi connectivity index (χ1n) is 5.21. The number of rotatable bonds is 6. The second-order valence-electron chi connectivity index (χ2n) is 3.24. The Morgan fingerprint density at radius 3 is 2.94 bits per heavy atom. The first kappa shape index (κ1) is 14.4. The van der Waals surface area contributed by atoms with Gasteiger partial charge < -0.3 is 9.47 Å². The zero-order chi connectivity index (χ0) is 12.7. The largest absolute Gasteiger partial charge is 0.460 e. The Morgan fingerprint density at radius 1 is 1.47 bits per heavy atom. The van der Waals surface area contributed by atoms with Crippen LogP contribution < -0.4 is 0 Å². The molecular formula is C11H13BrClNO3. The van der Waals surface area contributed by atoms with E-state index in [1.807, 2.05) is 6.92 Å². The number of carbonyl (C=O) groups is 1. The van der Waals surface area contributed by atoms with Crippen molar-refractivity contribution in [3.63, 3.8) is 0 Å². The van der Waals surface area contributed by atoms with Crippen LogP contribution in [0.2, 0.25) is 5.15 Å². The molecule has 0 amide bonds. The summed E-state index contributed by atoms with van der Waals surface area (Å²) in [7, 11) is 0. The molecule has 0 bridgehead atoms. The third-order valence-electron chi connectivity index (χ3n) is 1.83. The van der Waals surface area contributed by atoms with Crippen LogP contribution in [0.1, 0.15) is 23.7 Å². The third-order valence-corrected chi connectivity index (χ3v) is 2.57. The number of halogens is 2. The van der Waals surface area contributed by atoms with E-state index in [4.69, 9.17) is 21.1 Å². The first-order valence-corrected chi connectivity index (χ1v) is 6.38. The molecule has 94 valence electrons. The van der Waals surface area contributed by atoms with E-state index in [1.54, 1.807) is 6.07 Å². The Hall–Kier alpha value is -0.650. The fraction of sp³-hybridized carbons (Fsp3) is 0.455. The minimum atomic E-state index is -0.496. The van der Waals surface area contributed by atoms with Gasteiger partial charge in [-0.2, -0.15) is 0 Å². The molecule has 1 heterocycles. The van der Waals surface area contributed by atoms with Gasteiger partial charge in [0, 0.05) is 17.3 Å². The number of nitrogens with zero attached hydrogens (tertiary/aromatic N) is 1. The highest BCUT2D eigenvalue weighted by atomic mass is 79.9. The van der Waals surface area contributed by atoms with E-state index in [9.17, 15) is 4.79 Å². The van der Waals surface area contributed by atoms with E-state index in [0.29, 0.717) is 17.7 Å². The molecule has 0 fully saturated rings. The summed E-state index contributed by atoms with van der Waals surface area (Å²) < 4.78 is 10.9. The Morgan fingerprint density at radius 2 is 2.24 bits per heavy atom. The van der Waals surface area contributed by atoms with E-state index in [0.717, 1.165) is 6.42 Å². The van der Waals surface area contributed by atoms with Crippen LogP contribution in [0.4, 0.5) is 0 Å². The molecule has 0 aliphatic rings. The Labute approximate surface area is 113 Å². The van der Waals surface area contributed by atoms with E-state index < -0.39 is 5.97 Å². The molecule has 4 nitrogen and oxygen atoms in total. The fourth-order valence-electron chi connectivity index (χ4n) is 1.08. The molecule has 0 spiro atoms. The lowest BCUT2D eigenvalue weighted by molar-refractivity contribution is 0.0318. The smallest absolute Gasteiger partial charge is 0.341 e. The monoisotopic (exact) mass is 321 g/mol. The van der Waals surface area contributed by atoms with Crippen LogP contribution in [-0.4, -0.2) is 30.8 Å². The predicted molar refractivity (Wildman–Crippen MR) is 68.3 cm³/mol. The third kappa shape index (κ3) is 5.02. The molecule has 0 radical (unpaired) electrons. The second kappa shape index (κ2) is 7.63. The van der Waals surface area contributed by atoms with Gasteiger partial charge in [0.05, 0.1) is 12.2 Å². The van der Waals surface area contributed by atoms with Gasteiger partial charge in [0.15, 0.2) is 0 Å². The van der Waals surface area contributed by atoms with Crippen molar-refractivity contribution in [1.82, 2.24) is 4.98 Å². The van der Waals surface area contributed by atoms with Crippen molar-refractivity contribution in [2.75, 3.05) is 19.8 Å². The van der Waals surface area contributed by atoms with Gasteiger partial charge >= 0.3 is 5.97 Å². The molecule has 0 saturated heterocycles. The van der Waals surface area contributed by atoms with Crippen molar-refractivity contribution in [2.45, 2.75) is 13.3 Å². The van der Waals surface area contributed by atoms with Gasteiger partial charge in [-0.3, -0.25) is 0 Å². The number of ether oxygens (including phenoxy) is 2. The summed E-state index contributed by atoms with van der Waals surface area (Å²) in [6.07, 6.45) is 2.46. The highest BCUT2D eigenvalue weighted by Gasteiger charge is 2.13. The summed E-state index contributed by atoms with van der Waals surface area (Å²) >= 11 is 9.00. The van der Waals surface area contributed by atoms with Gasteiger partial charge in [0.25, 0.3) is 0 Å². The second-order valence-corrected chi connectivity index (χ2v) is 4.51. The summed E-state index contributed by atoms with van der Waals surface area (Å²) in [5.41, 5.74) is 0.247. The number of hydrogen-bond acceptors (Lipinski definition) is 4. The van der Waals surface area contributed by atoms with E-state index in [1.165, 1.54) is 6.20 Å². The summed E-state index contributed by atoms with van der Waals surface area (Å²) in [5, 5.41) is 0.132. The standard InChI is InChI=1S/C11H13BrClNO3/c1-2-3-16-4-5-17-11(15)9-6-8(12)7-14-10(9)13/h6-7H,2-5H2,1H3. The Kier molecular flexibility index (Phi) is 6.47. The molecule has 0 N–H and O–H groups in total. The lowest BCUT2D eigenvalue weighted by Gasteiger charge is -2.06. The molecule has 1 aromatic rings. The van der Waals surface area contributed by atoms with E-state index in [-0.39, 0.29) is 17.3 Å². The molecule has 1 aromatic heterocycles. The van der Waals surface area contributed by atoms with Gasteiger partial charge in [0.1, 0.15) is 11.8 Å². The Bertz CT molecular complexity index is 387. The van der Waals surface area contributed by atoms with Gasteiger partial charge in [-0.1, -0.05) is 18.5 Å². The molecule has 0 saturated carbocycles. The Balaban J connectivity index is 2.44. The lowest BCUT2D eigenvalue weighted by Crippen LogP contribution is -2.12. The molecule has 0 aromatic carbocycles. The quantitative estimate of drug-likeness (QED) is 0.459. The molecule has 0 unspecified atom stereocenters. The van der Waals surface area contributed by atoms with Crippen LogP contribution in [-0.2, 0) is 9.47 Å². The maximum absolute atomic E-state index is 11.6. The number of esters is 1. The fourth-order valence-corrected chi connectivity index (χ4v) is 1.59. The zero-order valence-electron chi connectivity index (χ0n) is 9.41. The minimum Gasteiger partial charge on any atom is -0.460 e. The summed E-state index contributed by atoms with van der Waals surface area (Å²) in [6.45, 7) is 3.27. The van der Waals surface area contributed by atoms with Crippen molar-refractivity contribution in [2.24, 2.45) is 0 Å². The van der Waals surface area contributed by atoms with Gasteiger partial charge in [-0.15, -0.1) is 0 Å². The molecule has 1 rings (SSSR count). The first-order chi connectivity index (χ1) is 8.15. The van der Waals surface area contributed by atoms with Crippen LogP contribution in [0.15, 0.2) is 16.7 Å². The SMILES string of the molecule is CCCOCCOC(=O)c1cc(Br)cnc1Cl. The molecular weight excluding hydrogens is 309 g/mol. The van der Waals surface area contributed by atoms with Crippen molar-refractivity contribution in [3.8, 4) is 0 Å². The number of aromatic nitrogens is 1. The van der Waals surface area contributed by atoms with Gasteiger partial charge in [-0.05, 0) is 28.4 Å². The van der Waals surface area contributed by atoms with E-state index >= 15 is 0 Å². The van der Waals surface area contributed by atoms with Gasteiger partial charge in [-0.25, -0.2) is 9.78 Å².